The van der Waals surface area contributed by atoms with Crippen LogP contribution < -0.4 is 10.5 Å². The van der Waals surface area contributed by atoms with Crippen molar-refractivity contribution in [1.82, 2.24) is 15.0 Å². The van der Waals surface area contributed by atoms with Crippen LogP contribution in [0.25, 0.3) is 22.8 Å². The third-order valence-corrected chi connectivity index (χ3v) is 6.19. The zero-order valence-electron chi connectivity index (χ0n) is 16.2. The molecule has 2 heterocycles. The molecule has 0 bridgehead atoms. The molecule has 0 radical (unpaired) electrons. The number of aryl methyl sites for hydroxylation is 1. The number of hydrogen-bond donors (Lipinski definition) is 3. The molecule has 1 saturated carbocycles. The summed E-state index contributed by atoms with van der Waals surface area (Å²) < 4.78 is 5.22. The standard InChI is InChI=1S/C22H22N4O3/c1-29-14-5-2-12(3-6-14)20-24-10-13-4-7-15-16(21(27)28)19(22(11-23)8-9-22)25-18(15)17(13)26-20/h2-3,5-6,10,25H,4,7-9,11,23H2,1H3,(H,27,28). The van der Waals surface area contributed by atoms with Crippen molar-refractivity contribution in [2.45, 2.75) is 31.1 Å². The fourth-order valence-electron chi connectivity index (χ4n) is 4.28. The summed E-state index contributed by atoms with van der Waals surface area (Å²) in [5.41, 5.74) is 11.2. The highest BCUT2D eigenvalue weighted by Gasteiger charge is 2.48. The van der Waals surface area contributed by atoms with E-state index in [-0.39, 0.29) is 5.41 Å². The average molecular weight is 390 g/mol. The third-order valence-electron chi connectivity index (χ3n) is 6.19. The van der Waals surface area contributed by atoms with Gasteiger partial charge in [0.25, 0.3) is 0 Å². The summed E-state index contributed by atoms with van der Waals surface area (Å²) in [7, 11) is 1.63. The van der Waals surface area contributed by atoms with E-state index in [0.29, 0.717) is 24.4 Å². The van der Waals surface area contributed by atoms with Crippen molar-refractivity contribution >= 4 is 5.97 Å². The van der Waals surface area contributed by atoms with Gasteiger partial charge in [-0.2, -0.15) is 0 Å². The van der Waals surface area contributed by atoms with Gasteiger partial charge in [0.2, 0.25) is 0 Å². The maximum absolute atomic E-state index is 12.1. The molecule has 1 aromatic carbocycles. The van der Waals surface area contributed by atoms with Crippen molar-refractivity contribution in [2.75, 3.05) is 13.7 Å². The van der Waals surface area contributed by atoms with E-state index in [0.717, 1.165) is 58.8 Å². The largest absolute Gasteiger partial charge is 0.497 e. The Hall–Kier alpha value is -3.19. The highest BCUT2D eigenvalue weighted by molar-refractivity contribution is 5.95. The second-order valence-electron chi connectivity index (χ2n) is 7.81. The van der Waals surface area contributed by atoms with Crippen molar-refractivity contribution in [3.8, 4) is 28.5 Å². The molecule has 29 heavy (non-hydrogen) atoms. The number of hydrogen-bond acceptors (Lipinski definition) is 5. The molecule has 2 aromatic heterocycles. The molecule has 7 nitrogen and oxygen atoms in total. The molecule has 2 aliphatic carbocycles. The average Bonchev–Trinajstić information content (AvgIpc) is 3.45. The Morgan fingerprint density at radius 3 is 2.66 bits per heavy atom. The van der Waals surface area contributed by atoms with Crippen molar-refractivity contribution in [2.24, 2.45) is 5.73 Å². The summed E-state index contributed by atoms with van der Waals surface area (Å²) in [5, 5.41) is 9.92. The lowest BCUT2D eigenvalue weighted by atomic mass is 9.90. The van der Waals surface area contributed by atoms with E-state index < -0.39 is 5.97 Å². The van der Waals surface area contributed by atoms with Gasteiger partial charge in [-0.15, -0.1) is 0 Å². The number of aromatic amines is 1. The monoisotopic (exact) mass is 390 g/mol. The first-order chi connectivity index (χ1) is 14.1. The zero-order valence-corrected chi connectivity index (χ0v) is 16.2. The Labute approximate surface area is 168 Å². The van der Waals surface area contributed by atoms with Gasteiger partial charge in [-0.05, 0) is 61.1 Å². The number of carboxylic acid groups (broad SMARTS) is 1. The minimum atomic E-state index is -0.898. The Kier molecular flexibility index (Phi) is 3.96. The molecule has 0 atom stereocenters. The third kappa shape index (κ3) is 2.73. The van der Waals surface area contributed by atoms with Gasteiger partial charge in [0.05, 0.1) is 24.1 Å². The predicted octanol–water partition coefficient (Wildman–Crippen LogP) is 2.93. The van der Waals surface area contributed by atoms with Gasteiger partial charge in [-0.1, -0.05) is 0 Å². The molecule has 3 aromatic rings. The molecule has 0 spiro atoms. The number of ether oxygens (including phenoxy) is 1. The van der Waals surface area contributed by atoms with E-state index in [1.165, 1.54) is 0 Å². The minimum absolute atomic E-state index is 0.239. The Morgan fingerprint density at radius 2 is 2.03 bits per heavy atom. The Morgan fingerprint density at radius 1 is 1.28 bits per heavy atom. The number of H-pyrrole nitrogens is 1. The van der Waals surface area contributed by atoms with Crippen molar-refractivity contribution in [3.05, 3.63) is 52.8 Å². The Balaban J connectivity index is 1.65. The smallest absolute Gasteiger partial charge is 0.337 e. The highest BCUT2D eigenvalue weighted by atomic mass is 16.5. The lowest BCUT2D eigenvalue weighted by Crippen LogP contribution is -2.23. The van der Waals surface area contributed by atoms with Gasteiger partial charge in [0.1, 0.15) is 5.75 Å². The van der Waals surface area contributed by atoms with Gasteiger partial charge in [-0.25, -0.2) is 14.8 Å². The van der Waals surface area contributed by atoms with Crippen LogP contribution in [-0.4, -0.2) is 39.7 Å². The summed E-state index contributed by atoms with van der Waals surface area (Å²) in [6.07, 6.45) is 5.06. The normalized spacial score (nSPS) is 16.1. The molecule has 0 amide bonds. The summed E-state index contributed by atoms with van der Waals surface area (Å²) >= 11 is 0. The van der Waals surface area contributed by atoms with Crippen LogP contribution in [-0.2, 0) is 18.3 Å². The topological polar surface area (TPSA) is 114 Å². The number of nitrogens with two attached hydrogens (primary N) is 1. The minimum Gasteiger partial charge on any atom is -0.497 e. The quantitative estimate of drug-likeness (QED) is 0.617. The number of nitrogens with one attached hydrogen (secondary N) is 1. The SMILES string of the molecule is COc1ccc(-c2ncc3c(n2)-c2[nH]c(C4(CN)CC4)c(C(=O)O)c2CC3)cc1. The molecule has 1 fully saturated rings. The summed E-state index contributed by atoms with van der Waals surface area (Å²) in [4.78, 5) is 24.9. The van der Waals surface area contributed by atoms with Gasteiger partial charge in [0, 0.05) is 29.4 Å². The maximum Gasteiger partial charge on any atom is 0.337 e. The fourth-order valence-corrected chi connectivity index (χ4v) is 4.28. The predicted molar refractivity (Wildman–Crippen MR) is 108 cm³/mol. The highest BCUT2D eigenvalue weighted by Crippen LogP contribution is 2.50. The number of carboxylic acids is 1. The molecule has 0 saturated heterocycles. The Bertz CT molecular complexity index is 1110. The van der Waals surface area contributed by atoms with Gasteiger partial charge < -0.3 is 20.6 Å². The second kappa shape index (κ2) is 6.42. The molecule has 0 unspecified atom stereocenters. The van der Waals surface area contributed by atoms with Crippen molar-refractivity contribution in [1.29, 1.82) is 0 Å². The van der Waals surface area contributed by atoms with Crippen LogP contribution in [0.4, 0.5) is 0 Å². The number of nitrogens with zero attached hydrogens (tertiary/aromatic N) is 2. The number of methoxy groups -OCH3 is 1. The fraction of sp³-hybridized carbons (Fsp3) is 0.318. The van der Waals surface area contributed by atoms with Crippen LogP contribution in [0.1, 0.15) is 40.0 Å². The lowest BCUT2D eigenvalue weighted by molar-refractivity contribution is 0.0694. The number of fused-ring (bicyclic) bond motifs is 3. The molecule has 4 N–H and O–H groups in total. The van der Waals surface area contributed by atoms with Gasteiger partial charge in [0.15, 0.2) is 5.82 Å². The summed E-state index contributed by atoms with van der Waals surface area (Å²) in [5.74, 6) is 0.475. The molecule has 7 heteroatoms. The molecular formula is C22H22N4O3. The molecule has 0 aliphatic heterocycles. The molecular weight excluding hydrogens is 368 g/mol. The first-order valence-corrected chi connectivity index (χ1v) is 9.76. The number of aromatic carboxylic acids is 1. The lowest BCUT2D eigenvalue weighted by Gasteiger charge is -2.16. The van der Waals surface area contributed by atoms with E-state index >= 15 is 0 Å². The molecule has 148 valence electrons. The first-order valence-electron chi connectivity index (χ1n) is 9.76. The van der Waals surface area contributed by atoms with E-state index in [4.69, 9.17) is 15.5 Å². The molecule has 5 rings (SSSR count). The number of carbonyl (C=O) groups is 1. The van der Waals surface area contributed by atoms with Crippen LogP contribution in [0, 0.1) is 0 Å². The summed E-state index contributed by atoms with van der Waals surface area (Å²) in [6, 6.07) is 7.58. The van der Waals surface area contributed by atoms with Crippen LogP contribution in [0.5, 0.6) is 5.75 Å². The van der Waals surface area contributed by atoms with Crippen LogP contribution in [0.15, 0.2) is 30.5 Å². The van der Waals surface area contributed by atoms with Crippen molar-refractivity contribution < 1.29 is 14.6 Å². The number of benzene rings is 1. The van der Waals surface area contributed by atoms with Crippen LogP contribution >= 0.6 is 0 Å². The number of aromatic nitrogens is 3. The van der Waals surface area contributed by atoms with E-state index in [1.54, 1.807) is 7.11 Å². The molecule has 2 aliphatic rings. The van der Waals surface area contributed by atoms with E-state index in [1.807, 2.05) is 30.5 Å². The zero-order chi connectivity index (χ0) is 20.2. The van der Waals surface area contributed by atoms with E-state index in [2.05, 4.69) is 9.97 Å². The van der Waals surface area contributed by atoms with Gasteiger partial charge >= 0.3 is 5.97 Å². The summed E-state index contributed by atoms with van der Waals surface area (Å²) in [6.45, 7) is 0.445. The maximum atomic E-state index is 12.1. The second-order valence-corrected chi connectivity index (χ2v) is 7.81. The first kappa shape index (κ1) is 17.9. The van der Waals surface area contributed by atoms with E-state index in [9.17, 15) is 9.90 Å². The van der Waals surface area contributed by atoms with Crippen LogP contribution in [0.2, 0.25) is 0 Å². The van der Waals surface area contributed by atoms with Gasteiger partial charge in [-0.3, -0.25) is 0 Å². The van der Waals surface area contributed by atoms with Crippen molar-refractivity contribution in [3.63, 3.8) is 0 Å². The van der Waals surface area contributed by atoms with Crippen LogP contribution in [0.3, 0.4) is 0 Å². The number of rotatable bonds is 5.